The molecule has 1 rings (SSSR count). The van der Waals surface area contributed by atoms with Gasteiger partial charge in [0.05, 0.1) is 24.5 Å². The number of alkyl halides is 2. The van der Waals surface area contributed by atoms with Crippen molar-refractivity contribution in [2.24, 2.45) is 0 Å². The number of ether oxygens (including phenoxy) is 1. The highest BCUT2D eigenvalue weighted by atomic mass is 19.3. The van der Waals surface area contributed by atoms with Gasteiger partial charge >= 0.3 is 0 Å². The first-order valence-electron chi connectivity index (χ1n) is 4.77. The summed E-state index contributed by atoms with van der Waals surface area (Å²) in [5, 5.41) is 2.64. The summed E-state index contributed by atoms with van der Waals surface area (Å²) < 4.78 is 29.5. The molecular weight excluding hydrogens is 202 g/mol. The van der Waals surface area contributed by atoms with Gasteiger partial charge in [0.25, 0.3) is 6.43 Å². The lowest BCUT2D eigenvalue weighted by Crippen LogP contribution is -2.23. The van der Waals surface area contributed by atoms with Gasteiger partial charge < -0.3 is 10.1 Å². The second-order valence-corrected chi connectivity index (χ2v) is 3.09. The van der Waals surface area contributed by atoms with Crippen molar-refractivity contribution in [3.8, 4) is 5.88 Å². The van der Waals surface area contributed by atoms with E-state index in [9.17, 15) is 8.78 Å². The number of rotatable bonds is 5. The number of aromatic nitrogens is 1. The van der Waals surface area contributed by atoms with Crippen LogP contribution in [0.4, 0.5) is 14.5 Å². The summed E-state index contributed by atoms with van der Waals surface area (Å²) in [4.78, 5) is 3.95. The molecule has 1 N–H and O–H groups in total. The first-order chi connectivity index (χ1) is 7.13. The van der Waals surface area contributed by atoms with Crippen LogP contribution in [0.5, 0.6) is 5.88 Å². The molecule has 0 fully saturated rings. The normalized spacial score (nSPS) is 12.6. The lowest BCUT2D eigenvalue weighted by Gasteiger charge is -2.13. The molecule has 0 aliphatic heterocycles. The predicted molar refractivity (Wildman–Crippen MR) is 54.5 cm³/mol. The molecule has 1 aromatic heterocycles. The maximum absolute atomic E-state index is 12.2. The molecule has 1 unspecified atom stereocenters. The maximum Gasteiger partial charge on any atom is 0.258 e. The molecule has 0 saturated carbocycles. The van der Waals surface area contributed by atoms with Crippen LogP contribution in [-0.2, 0) is 0 Å². The number of nitrogens with zero attached hydrogens (tertiary/aromatic N) is 1. The number of nitrogens with one attached hydrogen (secondary N) is 1. The summed E-state index contributed by atoms with van der Waals surface area (Å²) in [6.45, 7) is 3.81. The fourth-order valence-electron chi connectivity index (χ4n) is 1.02. The van der Waals surface area contributed by atoms with Crippen LogP contribution in [0.25, 0.3) is 0 Å². The molecule has 1 atom stereocenters. The van der Waals surface area contributed by atoms with Crippen molar-refractivity contribution in [3.63, 3.8) is 0 Å². The Morgan fingerprint density at radius 1 is 1.47 bits per heavy atom. The van der Waals surface area contributed by atoms with Crippen LogP contribution < -0.4 is 10.1 Å². The van der Waals surface area contributed by atoms with Gasteiger partial charge in [0.2, 0.25) is 5.88 Å². The highest BCUT2D eigenvalue weighted by molar-refractivity contribution is 5.42. The molecule has 0 amide bonds. The monoisotopic (exact) mass is 216 g/mol. The zero-order chi connectivity index (χ0) is 11.3. The van der Waals surface area contributed by atoms with Crippen LogP contribution in [-0.4, -0.2) is 24.1 Å². The van der Waals surface area contributed by atoms with E-state index in [-0.39, 0.29) is 0 Å². The van der Waals surface area contributed by atoms with E-state index < -0.39 is 12.5 Å². The highest BCUT2D eigenvalue weighted by Crippen LogP contribution is 2.14. The Balaban J connectivity index is 2.56. The molecule has 0 spiro atoms. The van der Waals surface area contributed by atoms with Crippen molar-refractivity contribution in [1.29, 1.82) is 0 Å². The molecule has 0 radical (unpaired) electrons. The molecule has 0 aromatic carbocycles. The minimum atomic E-state index is -2.39. The van der Waals surface area contributed by atoms with Gasteiger partial charge in [-0.2, -0.15) is 0 Å². The summed E-state index contributed by atoms with van der Waals surface area (Å²) in [7, 11) is 0. The lowest BCUT2D eigenvalue weighted by molar-refractivity contribution is 0.130. The molecule has 0 aliphatic rings. The van der Waals surface area contributed by atoms with Crippen molar-refractivity contribution >= 4 is 5.69 Å². The Hall–Kier alpha value is -1.39. The Labute approximate surface area is 87.5 Å². The number of pyridine rings is 1. The van der Waals surface area contributed by atoms with Crippen molar-refractivity contribution in [2.75, 3.05) is 11.9 Å². The molecule has 1 aromatic rings. The summed E-state index contributed by atoms with van der Waals surface area (Å²) >= 11 is 0. The van der Waals surface area contributed by atoms with Gasteiger partial charge in [-0.15, -0.1) is 0 Å². The molecule has 0 bridgehead atoms. The molecule has 84 valence electrons. The van der Waals surface area contributed by atoms with E-state index in [4.69, 9.17) is 4.74 Å². The van der Waals surface area contributed by atoms with Gasteiger partial charge in [0.15, 0.2) is 0 Å². The smallest absolute Gasteiger partial charge is 0.258 e. The van der Waals surface area contributed by atoms with Gasteiger partial charge in [-0.1, -0.05) is 0 Å². The van der Waals surface area contributed by atoms with Gasteiger partial charge in [0, 0.05) is 6.07 Å². The standard InChI is InChI=1S/C10H14F2N2O/c1-3-15-9-5-4-8(6-13-9)14-7(2)10(11)12/h4-7,10,14H,3H2,1-2H3. The van der Waals surface area contributed by atoms with Crippen LogP contribution in [0.2, 0.25) is 0 Å². The van der Waals surface area contributed by atoms with Crippen LogP contribution >= 0.6 is 0 Å². The summed E-state index contributed by atoms with van der Waals surface area (Å²) in [5.41, 5.74) is 0.561. The third-order valence-electron chi connectivity index (χ3n) is 1.80. The third kappa shape index (κ3) is 3.69. The number of hydrogen-bond donors (Lipinski definition) is 1. The van der Waals surface area contributed by atoms with Gasteiger partial charge in [-0.25, -0.2) is 13.8 Å². The molecule has 15 heavy (non-hydrogen) atoms. The van der Waals surface area contributed by atoms with Gasteiger partial charge in [-0.3, -0.25) is 0 Å². The Morgan fingerprint density at radius 2 is 2.20 bits per heavy atom. The van der Waals surface area contributed by atoms with Gasteiger partial charge in [-0.05, 0) is 19.9 Å². The van der Waals surface area contributed by atoms with Crippen LogP contribution in [0.3, 0.4) is 0 Å². The second-order valence-electron chi connectivity index (χ2n) is 3.09. The summed E-state index contributed by atoms with van der Waals surface area (Å²) in [6.07, 6.45) is -0.916. The van der Waals surface area contributed by atoms with Crippen LogP contribution in [0.15, 0.2) is 18.3 Å². The zero-order valence-electron chi connectivity index (χ0n) is 8.71. The quantitative estimate of drug-likeness (QED) is 0.821. The third-order valence-corrected chi connectivity index (χ3v) is 1.80. The van der Waals surface area contributed by atoms with Crippen molar-refractivity contribution < 1.29 is 13.5 Å². The fraction of sp³-hybridized carbons (Fsp3) is 0.500. The fourth-order valence-corrected chi connectivity index (χ4v) is 1.02. The van der Waals surface area contributed by atoms with E-state index >= 15 is 0 Å². The molecule has 5 heteroatoms. The molecule has 3 nitrogen and oxygen atoms in total. The van der Waals surface area contributed by atoms with Crippen LogP contribution in [0, 0.1) is 0 Å². The number of anilines is 1. The summed E-state index contributed by atoms with van der Waals surface area (Å²) in [5.74, 6) is 0.493. The van der Waals surface area contributed by atoms with E-state index in [2.05, 4.69) is 10.3 Å². The second kappa shape index (κ2) is 5.48. The number of hydrogen-bond acceptors (Lipinski definition) is 3. The largest absolute Gasteiger partial charge is 0.478 e. The molecule has 1 heterocycles. The SMILES string of the molecule is CCOc1ccc(NC(C)C(F)F)cn1. The lowest BCUT2D eigenvalue weighted by atomic mass is 10.3. The van der Waals surface area contributed by atoms with E-state index in [1.807, 2.05) is 6.92 Å². The van der Waals surface area contributed by atoms with Crippen molar-refractivity contribution in [1.82, 2.24) is 4.98 Å². The molecular formula is C10H14F2N2O. The minimum absolute atomic E-state index is 0.493. The Morgan fingerprint density at radius 3 is 2.67 bits per heavy atom. The molecule has 0 aliphatic carbocycles. The first kappa shape index (κ1) is 11.7. The van der Waals surface area contributed by atoms with E-state index in [0.717, 1.165) is 0 Å². The van der Waals surface area contributed by atoms with E-state index in [1.54, 1.807) is 12.1 Å². The van der Waals surface area contributed by atoms with E-state index in [0.29, 0.717) is 18.2 Å². The highest BCUT2D eigenvalue weighted by Gasteiger charge is 2.13. The van der Waals surface area contributed by atoms with Crippen LogP contribution in [0.1, 0.15) is 13.8 Å². The van der Waals surface area contributed by atoms with Gasteiger partial charge in [0.1, 0.15) is 0 Å². The zero-order valence-corrected chi connectivity index (χ0v) is 8.71. The number of halogens is 2. The first-order valence-corrected chi connectivity index (χ1v) is 4.77. The summed E-state index contributed by atoms with van der Waals surface area (Å²) in [6, 6.07) is 2.42. The maximum atomic E-state index is 12.2. The molecule has 0 saturated heterocycles. The Kier molecular flexibility index (Phi) is 4.27. The van der Waals surface area contributed by atoms with Crippen molar-refractivity contribution in [2.45, 2.75) is 26.3 Å². The predicted octanol–water partition coefficient (Wildman–Crippen LogP) is 2.55. The minimum Gasteiger partial charge on any atom is -0.478 e. The van der Waals surface area contributed by atoms with E-state index in [1.165, 1.54) is 13.1 Å². The average Bonchev–Trinajstić information content (AvgIpc) is 2.21. The average molecular weight is 216 g/mol. The Bertz CT molecular complexity index is 290. The van der Waals surface area contributed by atoms with Crippen molar-refractivity contribution in [3.05, 3.63) is 18.3 Å². The topological polar surface area (TPSA) is 34.1 Å².